The van der Waals surface area contributed by atoms with Crippen molar-refractivity contribution in [3.63, 3.8) is 0 Å². The average molecular weight is 431 g/mol. The summed E-state index contributed by atoms with van der Waals surface area (Å²) < 4.78 is 11.8. The van der Waals surface area contributed by atoms with Crippen LogP contribution in [0.3, 0.4) is 0 Å². The van der Waals surface area contributed by atoms with Crippen LogP contribution in [0.5, 0.6) is 5.75 Å². The van der Waals surface area contributed by atoms with E-state index in [1.165, 1.54) is 30.4 Å². The van der Waals surface area contributed by atoms with Gasteiger partial charge in [0.15, 0.2) is 6.61 Å². The Labute approximate surface area is 189 Å². The van der Waals surface area contributed by atoms with Crippen LogP contribution in [0.15, 0.2) is 52.9 Å². The van der Waals surface area contributed by atoms with Crippen molar-refractivity contribution in [1.29, 1.82) is 5.26 Å². The minimum absolute atomic E-state index is 0.175. The second-order valence-corrected chi connectivity index (χ2v) is 8.36. The molecule has 6 heteroatoms. The van der Waals surface area contributed by atoms with Gasteiger partial charge in [0, 0.05) is 6.54 Å². The Morgan fingerprint density at radius 1 is 1.12 bits per heavy atom. The largest absolute Gasteiger partial charge is 0.484 e. The summed E-state index contributed by atoms with van der Waals surface area (Å²) in [5.74, 6) is 1.58. The third-order valence-electron chi connectivity index (χ3n) is 5.93. The quantitative estimate of drug-likeness (QED) is 0.517. The number of piperidine rings is 1. The number of ether oxygens (including phenoxy) is 1. The molecule has 0 aliphatic carbocycles. The van der Waals surface area contributed by atoms with Gasteiger partial charge in [-0.1, -0.05) is 54.4 Å². The molecule has 6 nitrogen and oxygen atoms in total. The number of anilines is 1. The lowest BCUT2D eigenvalue weighted by Crippen LogP contribution is -2.37. The number of benzene rings is 2. The predicted octanol–water partition coefficient (Wildman–Crippen LogP) is 5.38. The second-order valence-electron chi connectivity index (χ2n) is 8.36. The van der Waals surface area contributed by atoms with Gasteiger partial charge >= 0.3 is 0 Å². The summed E-state index contributed by atoms with van der Waals surface area (Å²) in [6.45, 7) is 7.04. The van der Waals surface area contributed by atoms with Crippen LogP contribution in [0.2, 0.25) is 0 Å². The first kappa shape index (κ1) is 21.9. The zero-order valence-corrected chi connectivity index (χ0v) is 18.8. The van der Waals surface area contributed by atoms with Gasteiger partial charge in [-0.2, -0.15) is 10.2 Å². The lowest BCUT2D eigenvalue weighted by atomic mass is 10.0. The number of hydrogen-bond acceptors (Lipinski definition) is 6. The van der Waals surface area contributed by atoms with E-state index in [-0.39, 0.29) is 18.3 Å². The molecular formula is C26H30N4O2. The summed E-state index contributed by atoms with van der Waals surface area (Å²) in [5.41, 5.74) is 3.77. The number of aryl methyl sites for hydroxylation is 2. The number of likely N-dealkylation sites (tertiary alicyclic amines) is 1. The summed E-state index contributed by atoms with van der Waals surface area (Å²) in [6.07, 6.45) is 3.72. The van der Waals surface area contributed by atoms with Crippen molar-refractivity contribution < 1.29 is 9.15 Å². The van der Waals surface area contributed by atoms with E-state index < -0.39 is 0 Å². The standard InChI is InChI=1S/C26H30N4O2/c1-19-11-12-24(20(2)15-19)31-18-25-29-22(16-27)26(32-25)28-17-23(21-9-5-3-6-10-21)30-13-7-4-8-14-30/h3,5-6,9-12,15,23,28H,4,7-8,13-14,17-18H2,1-2H3/t23-/m0/s1. The lowest BCUT2D eigenvalue weighted by Gasteiger charge is -2.35. The van der Waals surface area contributed by atoms with Gasteiger partial charge in [-0.05, 0) is 57.0 Å². The maximum Gasteiger partial charge on any atom is 0.236 e. The van der Waals surface area contributed by atoms with Crippen LogP contribution in [-0.2, 0) is 6.61 Å². The summed E-state index contributed by atoms with van der Waals surface area (Å²) in [5, 5.41) is 12.9. The molecule has 166 valence electrons. The lowest BCUT2D eigenvalue weighted by molar-refractivity contribution is 0.170. The normalized spacial score (nSPS) is 15.2. The molecule has 2 aromatic carbocycles. The highest BCUT2D eigenvalue weighted by molar-refractivity contribution is 5.46. The van der Waals surface area contributed by atoms with Gasteiger partial charge in [0.2, 0.25) is 17.5 Å². The molecule has 4 rings (SSSR count). The molecular weight excluding hydrogens is 400 g/mol. The highest BCUT2D eigenvalue weighted by atomic mass is 16.5. The smallest absolute Gasteiger partial charge is 0.236 e. The highest BCUT2D eigenvalue weighted by Crippen LogP contribution is 2.27. The van der Waals surface area contributed by atoms with Crippen molar-refractivity contribution >= 4 is 5.88 Å². The maximum atomic E-state index is 9.56. The molecule has 1 aliphatic rings. The zero-order chi connectivity index (χ0) is 22.3. The predicted molar refractivity (Wildman–Crippen MR) is 125 cm³/mol. The molecule has 1 saturated heterocycles. The SMILES string of the molecule is Cc1ccc(OCc2nc(C#N)c(NC[C@@H](c3ccccc3)N3CCCCC3)o2)c(C)c1. The van der Waals surface area contributed by atoms with Gasteiger partial charge < -0.3 is 14.5 Å². The average Bonchev–Trinajstić information content (AvgIpc) is 3.22. The first-order chi connectivity index (χ1) is 15.6. The third-order valence-corrected chi connectivity index (χ3v) is 5.93. The molecule has 0 radical (unpaired) electrons. The maximum absolute atomic E-state index is 9.56. The van der Waals surface area contributed by atoms with E-state index in [1.54, 1.807) is 0 Å². The van der Waals surface area contributed by atoms with E-state index in [4.69, 9.17) is 9.15 Å². The fraction of sp³-hybridized carbons (Fsp3) is 0.385. The molecule has 1 fully saturated rings. The fourth-order valence-corrected chi connectivity index (χ4v) is 4.27. The van der Waals surface area contributed by atoms with Crippen LogP contribution < -0.4 is 10.1 Å². The van der Waals surface area contributed by atoms with E-state index in [0.717, 1.165) is 24.4 Å². The van der Waals surface area contributed by atoms with Crippen LogP contribution >= 0.6 is 0 Å². The number of nitriles is 1. The Morgan fingerprint density at radius 2 is 1.91 bits per heavy atom. The van der Waals surface area contributed by atoms with Gasteiger partial charge in [0.1, 0.15) is 11.8 Å². The molecule has 0 saturated carbocycles. The highest BCUT2D eigenvalue weighted by Gasteiger charge is 2.23. The van der Waals surface area contributed by atoms with Gasteiger partial charge in [-0.25, -0.2) is 0 Å². The molecule has 0 bridgehead atoms. The third kappa shape index (κ3) is 5.30. The summed E-state index contributed by atoms with van der Waals surface area (Å²) >= 11 is 0. The monoisotopic (exact) mass is 430 g/mol. The first-order valence-corrected chi connectivity index (χ1v) is 11.3. The molecule has 2 heterocycles. The number of oxazole rings is 1. The summed E-state index contributed by atoms with van der Waals surface area (Å²) in [4.78, 5) is 6.84. The van der Waals surface area contributed by atoms with Crippen molar-refractivity contribution in [2.75, 3.05) is 25.0 Å². The molecule has 1 atom stereocenters. The van der Waals surface area contributed by atoms with Crippen LogP contribution in [0.25, 0.3) is 0 Å². The van der Waals surface area contributed by atoms with E-state index in [0.29, 0.717) is 18.3 Å². The molecule has 3 aromatic rings. The molecule has 32 heavy (non-hydrogen) atoms. The Kier molecular flexibility index (Phi) is 7.08. The van der Waals surface area contributed by atoms with Gasteiger partial charge in [-0.3, -0.25) is 4.90 Å². The van der Waals surface area contributed by atoms with E-state index >= 15 is 0 Å². The molecule has 0 unspecified atom stereocenters. The number of hydrogen-bond donors (Lipinski definition) is 1. The second kappa shape index (κ2) is 10.3. The first-order valence-electron chi connectivity index (χ1n) is 11.3. The summed E-state index contributed by atoms with van der Waals surface area (Å²) in [7, 11) is 0. The van der Waals surface area contributed by atoms with E-state index in [9.17, 15) is 5.26 Å². The zero-order valence-electron chi connectivity index (χ0n) is 18.8. The fourth-order valence-electron chi connectivity index (χ4n) is 4.27. The molecule has 1 aliphatic heterocycles. The number of nitrogens with zero attached hydrogens (tertiary/aromatic N) is 3. The van der Waals surface area contributed by atoms with E-state index in [2.05, 4.69) is 58.5 Å². The van der Waals surface area contributed by atoms with Gasteiger partial charge in [0.25, 0.3) is 0 Å². The Morgan fingerprint density at radius 3 is 2.62 bits per heavy atom. The van der Waals surface area contributed by atoms with Crippen LogP contribution in [0.1, 0.15) is 53.6 Å². The number of aromatic nitrogens is 1. The number of rotatable bonds is 8. The Balaban J connectivity index is 1.45. The van der Waals surface area contributed by atoms with Gasteiger partial charge in [0.05, 0.1) is 6.04 Å². The van der Waals surface area contributed by atoms with Crippen molar-refractivity contribution in [1.82, 2.24) is 9.88 Å². The molecule has 0 amide bonds. The van der Waals surface area contributed by atoms with Crippen LogP contribution in [-0.4, -0.2) is 29.5 Å². The molecule has 1 aromatic heterocycles. The summed E-state index contributed by atoms with van der Waals surface area (Å²) in [6, 6.07) is 18.9. The Hall–Kier alpha value is -3.30. The van der Waals surface area contributed by atoms with E-state index in [1.807, 2.05) is 25.1 Å². The van der Waals surface area contributed by atoms with Crippen molar-refractivity contribution in [2.45, 2.75) is 45.8 Å². The molecule has 0 spiro atoms. The van der Waals surface area contributed by atoms with Gasteiger partial charge in [-0.15, -0.1) is 0 Å². The van der Waals surface area contributed by atoms with Crippen molar-refractivity contribution in [3.05, 3.63) is 76.8 Å². The van der Waals surface area contributed by atoms with Crippen LogP contribution in [0, 0.1) is 25.2 Å². The van der Waals surface area contributed by atoms with Crippen molar-refractivity contribution in [3.8, 4) is 11.8 Å². The minimum Gasteiger partial charge on any atom is -0.484 e. The topological polar surface area (TPSA) is 74.3 Å². The molecule has 1 N–H and O–H groups in total. The van der Waals surface area contributed by atoms with Crippen LogP contribution in [0.4, 0.5) is 5.88 Å². The van der Waals surface area contributed by atoms with Crippen molar-refractivity contribution in [2.24, 2.45) is 0 Å². The number of nitrogens with one attached hydrogen (secondary N) is 1. The Bertz CT molecular complexity index is 1070. The minimum atomic E-state index is 0.175.